The van der Waals surface area contributed by atoms with Gasteiger partial charge in [0, 0.05) is 12.8 Å². The molecule has 0 atom stereocenters. The number of hydrogen-bond donors (Lipinski definition) is 2. The maximum Gasteiger partial charge on any atom is 0.305 e. The maximum atomic E-state index is 11.7. The summed E-state index contributed by atoms with van der Waals surface area (Å²) in [4.78, 5) is 35.4. The zero-order chi connectivity index (χ0) is 18.6. The van der Waals surface area contributed by atoms with E-state index in [-0.39, 0.29) is 30.6 Å². The summed E-state index contributed by atoms with van der Waals surface area (Å²) in [7, 11) is 0. The molecule has 1 aromatic heterocycles. The number of benzene rings is 1. The fraction of sp³-hybridized carbons (Fsp3) is 0.316. The molecule has 0 saturated heterocycles. The van der Waals surface area contributed by atoms with E-state index < -0.39 is 0 Å². The van der Waals surface area contributed by atoms with Crippen LogP contribution in [0.2, 0.25) is 0 Å². The number of aryl methyl sites for hydroxylation is 1. The van der Waals surface area contributed by atoms with Gasteiger partial charge in [0.1, 0.15) is 0 Å². The second-order valence-corrected chi connectivity index (χ2v) is 6.59. The van der Waals surface area contributed by atoms with Crippen molar-refractivity contribution in [1.82, 2.24) is 10.9 Å². The molecule has 6 nitrogen and oxygen atoms in total. The Morgan fingerprint density at radius 1 is 0.923 bits per heavy atom. The van der Waals surface area contributed by atoms with Gasteiger partial charge in [0.2, 0.25) is 5.91 Å². The molecule has 0 unspecified atom stereocenters. The molecule has 2 aromatic rings. The number of thiophene rings is 1. The lowest BCUT2D eigenvalue weighted by Gasteiger charge is -2.07. The first kappa shape index (κ1) is 19.7. The highest BCUT2D eigenvalue weighted by molar-refractivity contribution is 7.12. The third-order valence-electron chi connectivity index (χ3n) is 3.56. The lowest BCUT2D eigenvalue weighted by molar-refractivity contribution is -0.143. The lowest BCUT2D eigenvalue weighted by atomic mass is 10.1. The summed E-state index contributed by atoms with van der Waals surface area (Å²) in [5, 5.41) is 1.78. The Labute approximate surface area is 156 Å². The fourth-order valence-electron chi connectivity index (χ4n) is 2.23. The van der Waals surface area contributed by atoms with Crippen molar-refractivity contribution in [2.24, 2.45) is 0 Å². The number of amides is 2. The molecule has 0 bridgehead atoms. The predicted octanol–water partition coefficient (Wildman–Crippen LogP) is 2.86. The van der Waals surface area contributed by atoms with Crippen molar-refractivity contribution in [2.75, 3.05) is 6.61 Å². The van der Waals surface area contributed by atoms with Crippen LogP contribution in [0.1, 0.15) is 40.9 Å². The van der Waals surface area contributed by atoms with E-state index in [0.717, 1.165) is 12.8 Å². The highest BCUT2D eigenvalue weighted by atomic mass is 32.1. The quantitative estimate of drug-likeness (QED) is 0.402. The molecule has 2 N–H and O–H groups in total. The van der Waals surface area contributed by atoms with Crippen LogP contribution in [-0.4, -0.2) is 24.4 Å². The van der Waals surface area contributed by atoms with Gasteiger partial charge in [-0.3, -0.25) is 25.2 Å². The van der Waals surface area contributed by atoms with E-state index in [2.05, 4.69) is 10.9 Å². The minimum atomic E-state index is -0.355. The maximum absolute atomic E-state index is 11.7. The van der Waals surface area contributed by atoms with E-state index in [1.165, 1.54) is 16.9 Å². The molecule has 0 aliphatic carbocycles. The highest BCUT2D eigenvalue weighted by Crippen LogP contribution is 2.07. The second kappa shape index (κ2) is 11.0. The van der Waals surface area contributed by atoms with Gasteiger partial charge < -0.3 is 4.74 Å². The number of hydrazine groups is 1. The van der Waals surface area contributed by atoms with Crippen LogP contribution in [0.3, 0.4) is 0 Å². The fourth-order valence-corrected chi connectivity index (χ4v) is 2.85. The van der Waals surface area contributed by atoms with Crippen molar-refractivity contribution in [3.8, 4) is 0 Å². The zero-order valence-electron chi connectivity index (χ0n) is 14.4. The summed E-state index contributed by atoms with van der Waals surface area (Å²) < 4.78 is 5.15. The Kier molecular flexibility index (Phi) is 8.35. The molecule has 7 heteroatoms. The molecule has 2 rings (SSSR count). The zero-order valence-corrected chi connectivity index (χ0v) is 15.2. The summed E-state index contributed by atoms with van der Waals surface area (Å²) in [6.45, 7) is 0.372. The van der Waals surface area contributed by atoms with Crippen molar-refractivity contribution in [3.05, 3.63) is 58.3 Å². The average molecular weight is 374 g/mol. The first-order chi connectivity index (χ1) is 12.6. The summed E-state index contributed by atoms with van der Waals surface area (Å²) in [6, 6.07) is 13.4. The van der Waals surface area contributed by atoms with Crippen LogP contribution in [0, 0.1) is 0 Å². The van der Waals surface area contributed by atoms with E-state index in [9.17, 15) is 14.4 Å². The van der Waals surface area contributed by atoms with Crippen molar-refractivity contribution in [2.45, 2.75) is 32.1 Å². The van der Waals surface area contributed by atoms with Crippen LogP contribution in [0.25, 0.3) is 0 Å². The van der Waals surface area contributed by atoms with E-state index in [1.54, 1.807) is 17.5 Å². The molecule has 0 radical (unpaired) electrons. The van der Waals surface area contributed by atoms with Gasteiger partial charge in [-0.15, -0.1) is 11.3 Å². The topological polar surface area (TPSA) is 84.5 Å². The Bertz CT molecular complexity index is 702. The first-order valence-electron chi connectivity index (χ1n) is 8.47. The van der Waals surface area contributed by atoms with Crippen molar-refractivity contribution < 1.29 is 19.1 Å². The molecular weight excluding hydrogens is 352 g/mol. The molecule has 0 spiro atoms. The third kappa shape index (κ3) is 7.48. The standard InChI is InChI=1S/C19H22N2O4S/c22-17(20-21-19(24)16-10-6-14-26-16)11-4-12-18(23)25-13-5-9-15-7-2-1-3-8-15/h1-3,6-8,10,14H,4-5,9,11-13H2,(H,20,22)(H,21,24). The molecule has 1 heterocycles. The SMILES string of the molecule is O=C(CCCC(=O)OCCCc1ccccc1)NNC(=O)c1cccs1. The van der Waals surface area contributed by atoms with Crippen LogP contribution >= 0.6 is 11.3 Å². The van der Waals surface area contributed by atoms with Crippen LogP contribution < -0.4 is 10.9 Å². The van der Waals surface area contributed by atoms with Gasteiger partial charge in [-0.05, 0) is 36.3 Å². The van der Waals surface area contributed by atoms with E-state index in [4.69, 9.17) is 4.74 Å². The van der Waals surface area contributed by atoms with E-state index >= 15 is 0 Å². The summed E-state index contributed by atoms with van der Waals surface area (Å²) in [6.07, 6.45) is 2.32. The van der Waals surface area contributed by atoms with Gasteiger partial charge in [-0.25, -0.2) is 0 Å². The predicted molar refractivity (Wildman–Crippen MR) is 99.5 cm³/mol. The first-order valence-corrected chi connectivity index (χ1v) is 9.35. The van der Waals surface area contributed by atoms with Crippen molar-refractivity contribution in [1.29, 1.82) is 0 Å². The van der Waals surface area contributed by atoms with Gasteiger partial charge in [-0.2, -0.15) is 0 Å². The number of carbonyl (C=O) groups excluding carboxylic acids is 3. The number of hydrogen-bond acceptors (Lipinski definition) is 5. The summed E-state index contributed by atoms with van der Waals surface area (Å²) in [5.41, 5.74) is 5.88. The largest absolute Gasteiger partial charge is 0.466 e. The molecule has 2 amide bonds. The van der Waals surface area contributed by atoms with Gasteiger partial charge in [0.25, 0.3) is 5.91 Å². The molecule has 26 heavy (non-hydrogen) atoms. The number of nitrogens with one attached hydrogen (secondary N) is 2. The Morgan fingerprint density at radius 3 is 2.46 bits per heavy atom. The van der Waals surface area contributed by atoms with Gasteiger partial charge in [0.15, 0.2) is 0 Å². The Morgan fingerprint density at radius 2 is 1.73 bits per heavy atom. The Hall–Kier alpha value is -2.67. The number of esters is 1. The molecule has 0 aliphatic rings. The molecule has 1 aromatic carbocycles. The summed E-state index contributed by atoms with van der Waals surface area (Å²) >= 11 is 1.29. The molecule has 138 valence electrons. The van der Waals surface area contributed by atoms with Crippen molar-refractivity contribution in [3.63, 3.8) is 0 Å². The average Bonchev–Trinajstić information content (AvgIpc) is 3.19. The summed E-state index contributed by atoms with van der Waals surface area (Å²) in [5.74, 6) is -1.01. The number of rotatable bonds is 9. The van der Waals surface area contributed by atoms with Gasteiger partial charge >= 0.3 is 5.97 Å². The third-order valence-corrected chi connectivity index (χ3v) is 4.43. The lowest BCUT2D eigenvalue weighted by Crippen LogP contribution is -2.41. The van der Waals surface area contributed by atoms with Crippen LogP contribution in [-0.2, 0) is 20.7 Å². The molecule has 0 saturated carbocycles. The minimum Gasteiger partial charge on any atom is -0.466 e. The van der Waals surface area contributed by atoms with E-state index in [1.807, 2.05) is 30.3 Å². The van der Waals surface area contributed by atoms with Crippen molar-refractivity contribution >= 4 is 29.1 Å². The normalized spacial score (nSPS) is 10.2. The van der Waals surface area contributed by atoms with Crippen LogP contribution in [0.15, 0.2) is 47.8 Å². The Balaban J connectivity index is 1.49. The number of ether oxygens (including phenoxy) is 1. The van der Waals surface area contributed by atoms with Crippen LogP contribution in [0.5, 0.6) is 0 Å². The minimum absolute atomic E-state index is 0.143. The van der Waals surface area contributed by atoms with E-state index in [0.29, 0.717) is 17.9 Å². The highest BCUT2D eigenvalue weighted by Gasteiger charge is 2.09. The monoisotopic (exact) mass is 374 g/mol. The van der Waals surface area contributed by atoms with Gasteiger partial charge in [0.05, 0.1) is 11.5 Å². The number of carbonyl (C=O) groups is 3. The van der Waals surface area contributed by atoms with Gasteiger partial charge in [-0.1, -0.05) is 36.4 Å². The smallest absolute Gasteiger partial charge is 0.305 e. The second-order valence-electron chi connectivity index (χ2n) is 5.64. The molecule has 0 fully saturated rings. The van der Waals surface area contributed by atoms with Crippen LogP contribution in [0.4, 0.5) is 0 Å². The molecule has 0 aliphatic heterocycles. The molecular formula is C19H22N2O4S.